The van der Waals surface area contributed by atoms with Gasteiger partial charge in [-0.15, -0.1) is 10.2 Å². The first kappa shape index (κ1) is 13.9. The van der Waals surface area contributed by atoms with Gasteiger partial charge in [-0.1, -0.05) is 43.9 Å². The molecule has 0 aromatic carbocycles. The monoisotopic (exact) mass is 267 g/mol. The molecular weight excluding hydrogens is 242 g/mol. The lowest BCUT2D eigenvalue weighted by molar-refractivity contribution is 0.502. The van der Waals surface area contributed by atoms with E-state index in [2.05, 4.69) is 29.4 Å². The summed E-state index contributed by atoms with van der Waals surface area (Å²) in [5, 5.41) is 14.5. The van der Waals surface area contributed by atoms with Crippen LogP contribution in [-0.2, 0) is 6.42 Å². The number of aromatic nitrogens is 2. The molecule has 0 aliphatic heterocycles. The topological polar surface area (TPSA) is 37.8 Å². The summed E-state index contributed by atoms with van der Waals surface area (Å²) in [5.74, 6) is 0.952. The van der Waals surface area contributed by atoms with Crippen molar-refractivity contribution in [2.45, 2.75) is 64.8 Å². The average molecular weight is 267 g/mol. The molecule has 1 unspecified atom stereocenters. The smallest absolute Gasteiger partial charge is 0.134 e. The van der Waals surface area contributed by atoms with Gasteiger partial charge in [0.2, 0.25) is 0 Å². The number of aryl methyl sites for hydroxylation is 1. The Balaban J connectivity index is 1.77. The predicted molar refractivity (Wildman–Crippen MR) is 76.9 cm³/mol. The maximum Gasteiger partial charge on any atom is 0.134 e. The van der Waals surface area contributed by atoms with Crippen LogP contribution in [0.4, 0.5) is 0 Å². The van der Waals surface area contributed by atoms with Crippen LogP contribution in [0.2, 0.25) is 0 Å². The number of nitrogens with one attached hydrogen (secondary N) is 1. The van der Waals surface area contributed by atoms with Gasteiger partial charge in [-0.25, -0.2) is 0 Å². The molecule has 1 heterocycles. The van der Waals surface area contributed by atoms with Gasteiger partial charge in [-0.2, -0.15) is 0 Å². The minimum Gasteiger partial charge on any atom is -0.308 e. The summed E-state index contributed by atoms with van der Waals surface area (Å²) in [7, 11) is 0. The molecule has 3 nitrogen and oxygen atoms in total. The Labute approximate surface area is 114 Å². The fraction of sp³-hybridized carbons (Fsp3) is 0.857. The number of rotatable bonds is 7. The van der Waals surface area contributed by atoms with E-state index in [0.29, 0.717) is 6.04 Å². The van der Waals surface area contributed by atoms with E-state index in [4.69, 9.17) is 0 Å². The molecule has 1 aromatic rings. The molecule has 1 aliphatic rings. The van der Waals surface area contributed by atoms with Crippen molar-refractivity contribution in [1.82, 2.24) is 15.5 Å². The number of hydrogen-bond acceptors (Lipinski definition) is 4. The van der Waals surface area contributed by atoms with Gasteiger partial charge in [-0.05, 0) is 32.2 Å². The van der Waals surface area contributed by atoms with E-state index in [1.165, 1.54) is 37.1 Å². The molecular formula is C14H25N3S. The zero-order chi connectivity index (χ0) is 12.8. The van der Waals surface area contributed by atoms with Crippen LogP contribution in [0.3, 0.4) is 0 Å². The van der Waals surface area contributed by atoms with E-state index >= 15 is 0 Å². The maximum atomic E-state index is 4.33. The Kier molecular flexibility index (Phi) is 5.57. The van der Waals surface area contributed by atoms with E-state index in [-0.39, 0.29) is 0 Å². The summed E-state index contributed by atoms with van der Waals surface area (Å²) >= 11 is 1.79. The zero-order valence-electron chi connectivity index (χ0n) is 11.6. The third kappa shape index (κ3) is 4.02. The molecule has 1 atom stereocenters. The van der Waals surface area contributed by atoms with E-state index < -0.39 is 0 Å². The summed E-state index contributed by atoms with van der Waals surface area (Å²) in [4.78, 5) is 0. The third-order valence-electron chi connectivity index (χ3n) is 3.79. The first-order valence-electron chi connectivity index (χ1n) is 7.35. The first-order valence-corrected chi connectivity index (χ1v) is 8.17. The molecule has 1 saturated carbocycles. The van der Waals surface area contributed by atoms with Crippen LogP contribution in [-0.4, -0.2) is 16.7 Å². The minimum atomic E-state index is 0.350. The van der Waals surface area contributed by atoms with Gasteiger partial charge in [0.05, 0.1) is 6.04 Å². The summed E-state index contributed by atoms with van der Waals surface area (Å²) in [6.45, 7) is 5.42. The summed E-state index contributed by atoms with van der Waals surface area (Å²) in [6, 6.07) is 0.350. The van der Waals surface area contributed by atoms with Crippen molar-refractivity contribution in [3.63, 3.8) is 0 Å². The number of hydrogen-bond donors (Lipinski definition) is 1. The highest BCUT2D eigenvalue weighted by molar-refractivity contribution is 7.11. The van der Waals surface area contributed by atoms with E-state index in [0.717, 1.165) is 30.3 Å². The second-order valence-electron chi connectivity index (χ2n) is 5.40. The molecule has 0 amide bonds. The van der Waals surface area contributed by atoms with Gasteiger partial charge < -0.3 is 5.32 Å². The minimum absolute atomic E-state index is 0.350. The third-order valence-corrected chi connectivity index (χ3v) is 4.96. The SMILES string of the molecule is CCCNC(C)c1nnc(CCC2CCCC2)s1. The normalized spacial score (nSPS) is 18.3. The second kappa shape index (κ2) is 7.19. The highest BCUT2D eigenvalue weighted by Crippen LogP contribution is 2.29. The maximum absolute atomic E-state index is 4.33. The summed E-state index contributed by atoms with van der Waals surface area (Å²) < 4.78 is 0. The molecule has 0 spiro atoms. The van der Waals surface area contributed by atoms with E-state index in [1.54, 1.807) is 11.3 Å². The molecule has 1 fully saturated rings. The quantitative estimate of drug-likeness (QED) is 0.818. The Bertz CT molecular complexity index is 345. The van der Waals surface area contributed by atoms with Crippen LogP contribution in [0, 0.1) is 5.92 Å². The van der Waals surface area contributed by atoms with Crippen molar-refractivity contribution in [2.24, 2.45) is 5.92 Å². The largest absolute Gasteiger partial charge is 0.308 e. The van der Waals surface area contributed by atoms with Gasteiger partial charge in [0, 0.05) is 6.42 Å². The van der Waals surface area contributed by atoms with Crippen molar-refractivity contribution in [3.05, 3.63) is 10.0 Å². The van der Waals surface area contributed by atoms with Crippen molar-refractivity contribution in [3.8, 4) is 0 Å². The zero-order valence-corrected chi connectivity index (χ0v) is 12.4. The Morgan fingerprint density at radius 3 is 2.83 bits per heavy atom. The lowest BCUT2D eigenvalue weighted by atomic mass is 10.0. The Morgan fingerprint density at radius 1 is 1.33 bits per heavy atom. The average Bonchev–Trinajstić information content (AvgIpc) is 3.04. The van der Waals surface area contributed by atoms with Gasteiger partial charge in [0.25, 0.3) is 0 Å². The second-order valence-corrected chi connectivity index (χ2v) is 6.49. The fourth-order valence-electron chi connectivity index (χ4n) is 2.62. The highest BCUT2D eigenvalue weighted by Gasteiger charge is 2.16. The molecule has 0 bridgehead atoms. The van der Waals surface area contributed by atoms with Gasteiger partial charge in [0.1, 0.15) is 10.0 Å². The van der Waals surface area contributed by atoms with E-state index in [9.17, 15) is 0 Å². The summed E-state index contributed by atoms with van der Waals surface area (Å²) in [5.41, 5.74) is 0. The predicted octanol–water partition coefficient (Wildman–Crippen LogP) is 3.72. The lowest BCUT2D eigenvalue weighted by Crippen LogP contribution is -2.18. The first-order chi connectivity index (χ1) is 8.79. The molecule has 102 valence electrons. The van der Waals surface area contributed by atoms with E-state index in [1.807, 2.05) is 0 Å². The molecule has 1 aliphatic carbocycles. The molecule has 0 saturated heterocycles. The molecule has 4 heteroatoms. The van der Waals surface area contributed by atoms with Crippen molar-refractivity contribution >= 4 is 11.3 Å². The lowest BCUT2D eigenvalue weighted by Gasteiger charge is -2.08. The molecule has 1 aromatic heterocycles. The molecule has 2 rings (SSSR count). The van der Waals surface area contributed by atoms with Crippen LogP contribution in [0.15, 0.2) is 0 Å². The van der Waals surface area contributed by atoms with Gasteiger partial charge in [-0.3, -0.25) is 0 Å². The highest BCUT2D eigenvalue weighted by atomic mass is 32.1. The fourth-order valence-corrected chi connectivity index (χ4v) is 3.50. The van der Waals surface area contributed by atoms with Crippen LogP contribution in [0.1, 0.15) is 68.4 Å². The standard InChI is InChI=1S/C14H25N3S/c1-3-10-15-11(2)14-17-16-13(18-14)9-8-12-6-4-5-7-12/h11-12,15H,3-10H2,1-2H3. The molecule has 0 radical (unpaired) electrons. The summed E-state index contributed by atoms with van der Waals surface area (Å²) in [6.07, 6.45) is 9.33. The van der Waals surface area contributed by atoms with Crippen molar-refractivity contribution < 1.29 is 0 Å². The van der Waals surface area contributed by atoms with Crippen LogP contribution in [0.25, 0.3) is 0 Å². The Hall–Kier alpha value is -0.480. The Morgan fingerprint density at radius 2 is 2.11 bits per heavy atom. The van der Waals surface area contributed by atoms with Crippen molar-refractivity contribution in [2.75, 3.05) is 6.54 Å². The van der Waals surface area contributed by atoms with Gasteiger partial charge >= 0.3 is 0 Å². The van der Waals surface area contributed by atoms with Gasteiger partial charge in [0.15, 0.2) is 0 Å². The molecule has 1 N–H and O–H groups in total. The van der Waals surface area contributed by atoms with Crippen LogP contribution >= 0.6 is 11.3 Å². The molecule has 18 heavy (non-hydrogen) atoms. The van der Waals surface area contributed by atoms with Crippen LogP contribution < -0.4 is 5.32 Å². The number of nitrogens with zero attached hydrogens (tertiary/aromatic N) is 2. The van der Waals surface area contributed by atoms with Crippen molar-refractivity contribution in [1.29, 1.82) is 0 Å². The van der Waals surface area contributed by atoms with Crippen LogP contribution in [0.5, 0.6) is 0 Å².